The van der Waals surface area contributed by atoms with Crippen molar-refractivity contribution in [1.82, 2.24) is 4.98 Å². The van der Waals surface area contributed by atoms with Gasteiger partial charge in [0.1, 0.15) is 11.3 Å². The summed E-state index contributed by atoms with van der Waals surface area (Å²) < 4.78 is 6.54. The first-order valence-corrected chi connectivity index (χ1v) is 11.6. The van der Waals surface area contributed by atoms with Gasteiger partial charge in [-0.05, 0) is 48.6 Å². The van der Waals surface area contributed by atoms with Crippen LogP contribution in [0.4, 0.5) is 5.13 Å². The van der Waals surface area contributed by atoms with Gasteiger partial charge in [-0.3, -0.25) is 9.69 Å². The van der Waals surface area contributed by atoms with Crippen LogP contribution in [0.1, 0.15) is 21.5 Å². The van der Waals surface area contributed by atoms with Crippen molar-refractivity contribution in [2.75, 3.05) is 18.3 Å². The summed E-state index contributed by atoms with van der Waals surface area (Å²) in [7, 11) is 1.64. The van der Waals surface area contributed by atoms with Crippen molar-refractivity contribution in [3.05, 3.63) is 83.4 Å². The van der Waals surface area contributed by atoms with E-state index in [2.05, 4.69) is 6.92 Å². The summed E-state index contributed by atoms with van der Waals surface area (Å²) in [5.41, 5.74) is 3.61. The molecule has 0 saturated heterocycles. The van der Waals surface area contributed by atoms with Gasteiger partial charge in [-0.25, -0.2) is 4.98 Å². The molecular weight excluding hydrogens is 412 g/mol. The molecule has 4 nitrogen and oxygen atoms in total. The van der Waals surface area contributed by atoms with Crippen molar-refractivity contribution < 1.29 is 9.53 Å². The van der Waals surface area contributed by atoms with Crippen LogP contribution in [-0.4, -0.2) is 24.3 Å². The lowest BCUT2D eigenvalue weighted by Gasteiger charge is -2.20. The fourth-order valence-electron chi connectivity index (χ4n) is 3.28. The van der Waals surface area contributed by atoms with Gasteiger partial charge in [-0.1, -0.05) is 53.8 Å². The fourth-order valence-corrected chi connectivity index (χ4v) is 4.79. The minimum Gasteiger partial charge on any atom is -0.494 e. The molecule has 0 spiro atoms. The highest BCUT2D eigenvalue weighted by Crippen LogP contribution is 2.37. The third kappa shape index (κ3) is 4.06. The molecule has 0 unspecified atom stereocenters. The van der Waals surface area contributed by atoms with Crippen LogP contribution in [0.25, 0.3) is 10.2 Å². The number of amides is 1. The van der Waals surface area contributed by atoms with E-state index >= 15 is 0 Å². The Balaban J connectivity index is 1.82. The van der Waals surface area contributed by atoms with E-state index in [-0.39, 0.29) is 5.91 Å². The molecule has 1 aromatic heterocycles. The molecular formula is C24H22N2O2S2. The lowest BCUT2D eigenvalue weighted by atomic mass is 10.1. The van der Waals surface area contributed by atoms with Gasteiger partial charge < -0.3 is 4.74 Å². The van der Waals surface area contributed by atoms with Gasteiger partial charge in [-0.15, -0.1) is 11.8 Å². The van der Waals surface area contributed by atoms with Crippen LogP contribution in [0, 0.1) is 6.92 Å². The lowest BCUT2D eigenvalue weighted by molar-refractivity contribution is 0.0985. The average Bonchev–Trinajstić information content (AvgIpc) is 3.24. The highest BCUT2D eigenvalue weighted by atomic mass is 32.2. The number of anilines is 1. The largest absolute Gasteiger partial charge is 0.494 e. The van der Waals surface area contributed by atoms with E-state index in [1.807, 2.05) is 73.0 Å². The second kappa shape index (κ2) is 8.90. The molecule has 0 bridgehead atoms. The van der Waals surface area contributed by atoms with Crippen molar-refractivity contribution in [3.63, 3.8) is 0 Å². The molecule has 0 atom stereocenters. The molecule has 0 aliphatic heterocycles. The predicted molar refractivity (Wildman–Crippen MR) is 126 cm³/mol. The number of methoxy groups -OCH3 is 1. The molecule has 3 aromatic carbocycles. The SMILES string of the molecule is COc1ccc(C)c2sc(N(Cc3ccccc3)C(=O)c3cccc(SC)c3)nc12. The molecule has 6 heteroatoms. The van der Waals surface area contributed by atoms with Gasteiger partial charge in [0.25, 0.3) is 5.91 Å². The molecule has 30 heavy (non-hydrogen) atoms. The monoisotopic (exact) mass is 434 g/mol. The number of carbonyl (C=O) groups is 1. The number of fused-ring (bicyclic) bond motifs is 1. The summed E-state index contributed by atoms with van der Waals surface area (Å²) in [6.45, 7) is 2.50. The maximum Gasteiger partial charge on any atom is 0.260 e. The molecule has 0 saturated carbocycles. The smallest absolute Gasteiger partial charge is 0.260 e. The lowest BCUT2D eigenvalue weighted by Crippen LogP contribution is -2.30. The molecule has 0 radical (unpaired) electrons. The van der Waals surface area contributed by atoms with Crippen LogP contribution in [-0.2, 0) is 6.54 Å². The summed E-state index contributed by atoms with van der Waals surface area (Å²) in [5, 5.41) is 0.668. The molecule has 152 valence electrons. The molecule has 0 aliphatic rings. The number of carbonyl (C=O) groups excluding carboxylic acids is 1. The molecule has 1 amide bonds. The van der Waals surface area contributed by atoms with E-state index < -0.39 is 0 Å². The Morgan fingerprint density at radius 1 is 1.10 bits per heavy atom. The number of thiazole rings is 1. The molecule has 4 aromatic rings. The quantitative estimate of drug-likeness (QED) is 0.340. The second-order valence-electron chi connectivity index (χ2n) is 6.87. The Bertz CT molecular complexity index is 1190. The molecule has 0 aliphatic carbocycles. The Morgan fingerprint density at radius 2 is 1.90 bits per heavy atom. The summed E-state index contributed by atoms with van der Waals surface area (Å²) in [6, 6.07) is 21.7. The van der Waals surface area contributed by atoms with Gasteiger partial charge in [0, 0.05) is 10.5 Å². The minimum atomic E-state index is -0.0644. The predicted octanol–water partition coefficient (Wildman–Crippen LogP) is 6.18. The van der Waals surface area contributed by atoms with E-state index in [1.54, 1.807) is 23.8 Å². The van der Waals surface area contributed by atoms with E-state index in [4.69, 9.17) is 9.72 Å². The normalized spacial score (nSPS) is 10.9. The van der Waals surface area contributed by atoms with Crippen molar-refractivity contribution >= 4 is 44.4 Å². The number of hydrogen-bond donors (Lipinski definition) is 0. The number of hydrogen-bond acceptors (Lipinski definition) is 5. The van der Waals surface area contributed by atoms with Crippen LogP contribution < -0.4 is 9.64 Å². The number of thioether (sulfide) groups is 1. The second-order valence-corrected chi connectivity index (χ2v) is 8.72. The summed E-state index contributed by atoms with van der Waals surface area (Å²) >= 11 is 3.14. The third-order valence-corrected chi connectivity index (χ3v) is 6.83. The van der Waals surface area contributed by atoms with Gasteiger partial charge >= 0.3 is 0 Å². The number of rotatable bonds is 6. The van der Waals surface area contributed by atoms with Gasteiger partial charge in [0.15, 0.2) is 5.13 Å². The van der Waals surface area contributed by atoms with Crippen LogP contribution in [0.3, 0.4) is 0 Å². The number of benzene rings is 3. The van der Waals surface area contributed by atoms with Crippen LogP contribution in [0.2, 0.25) is 0 Å². The first-order valence-electron chi connectivity index (χ1n) is 9.54. The number of ether oxygens (including phenoxy) is 1. The molecule has 4 rings (SSSR count). The highest BCUT2D eigenvalue weighted by Gasteiger charge is 2.23. The molecule has 0 fully saturated rings. The maximum absolute atomic E-state index is 13.6. The van der Waals surface area contributed by atoms with Crippen molar-refractivity contribution in [3.8, 4) is 5.75 Å². The first-order chi connectivity index (χ1) is 14.6. The van der Waals surface area contributed by atoms with E-state index in [1.165, 1.54) is 11.3 Å². The summed E-state index contributed by atoms with van der Waals surface area (Å²) in [4.78, 5) is 21.2. The zero-order chi connectivity index (χ0) is 21.1. The average molecular weight is 435 g/mol. The number of nitrogens with zero attached hydrogens (tertiary/aromatic N) is 2. The van der Waals surface area contributed by atoms with E-state index in [0.29, 0.717) is 17.2 Å². The van der Waals surface area contributed by atoms with Crippen LogP contribution in [0.15, 0.2) is 71.6 Å². The minimum absolute atomic E-state index is 0.0644. The highest BCUT2D eigenvalue weighted by molar-refractivity contribution is 7.98. The zero-order valence-corrected chi connectivity index (χ0v) is 18.7. The van der Waals surface area contributed by atoms with Crippen molar-refractivity contribution in [1.29, 1.82) is 0 Å². The Kier molecular flexibility index (Phi) is 6.06. The number of aryl methyl sites for hydroxylation is 1. The van der Waals surface area contributed by atoms with Crippen LogP contribution in [0.5, 0.6) is 5.75 Å². The molecule has 0 N–H and O–H groups in total. The standard InChI is InChI=1S/C24H22N2O2S2/c1-16-12-13-20(28-2)21-22(16)30-24(25-21)26(15-17-8-5-4-6-9-17)23(27)18-10-7-11-19(14-18)29-3/h4-14H,15H2,1-3H3. The van der Waals surface area contributed by atoms with E-state index in [0.717, 1.165) is 32.0 Å². The maximum atomic E-state index is 13.6. The Hall–Kier alpha value is -2.83. The van der Waals surface area contributed by atoms with Crippen molar-refractivity contribution in [2.45, 2.75) is 18.4 Å². The Morgan fingerprint density at radius 3 is 2.63 bits per heavy atom. The fraction of sp³-hybridized carbons (Fsp3) is 0.167. The van der Waals surface area contributed by atoms with Crippen molar-refractivity contribution in [2.24, 2.45) is 0 Å². The topological polar surface area (TPSA) is 42.4 Å². The first kappa shape index (κ1) is 20.4. The summed E-state index contributed by atoms with van der Waals surface area (Å²) in [5.74, 6) is 0.653. The Labute approximate surface area is 184 Å². The van der Waals surface area contributed by atoms with E-state index in [9.17, 15) is 4.79 Å². The summed E-state index contributed by atoms with van der Waals surface area (Å²) in [6.07, 6.45) is 2.01. The third-order valence-electron chi connectivity index (χ3n) is 4.89. The van der Waals surface area contributed by atoms with Gasteiger partial charge in [0.2, 0.25) is 0 Å². The van der Waals surface area contributed by atoms with Crippen LogP contribution >= 0.6 is 23.1 Å². The van der Waals surface area contributed by atoms with Gasteiger partial charge in [0.05, 0.1) is 18.4 Å². The zero-order valence-electron chi connectivity index (χ0n) is 17.1. The number of aromatic nitrogens is 1. The molecule has 1 heterocycles. The van der Waals surface area contributed by atoms with Gasteiger partial charge in [-0.2, -0.15) is 0 Å².